The Labute approximate surface area is 121 Å². The number of benzene rings is 2. The van der Waals surface area contributed by atoms with Crippen molar-refractivity contribution in [3.05, 3.63) is 65.4 Å². The predicted octanol–water partition coefficient (Wildman–Crippen LogP) is 2.28. The van der Waals surface area contributed by atoms with Crippen molar-refractivity contribution in [2.24, 2.45) is 0 Å². The van der Waals surface area contributed by atoms with Gasteiger partial charge in [0.15, 0.2) is 6.23 Å². The molecule has 0 aliphatic carbocycles. The SMILES string of the molecule is O=C1OC(c2ccccc2)N/C1=C\c1ccc(O)cc1O. The molecule has 2 aromatic rings. The molecule has 0 spiro atoms. The van der Waals surface area contributed by atoms with Crippen LogP contribution in [-0.2, 0) is 9.53 Å². The van der Waals surface area contributed by atoms with E-state index in [0.717, 1.165) is 5.56 Å². The molecule has 3 N–H and O–H groups in total. The van der Waals surface area contributed by atoms with Crippen molar-refractivity contribution in [3.63, 3.8) is 0 Å². The Hall–Kier alpha value is -2.95. The van der Waals surface area contributed by atoms with Crippen molar-refractivity contribution in [2.45, 2.75) is 6.23 Å². The molecule has 0 saturated carbocycles. The van der Waals surface area contributed by atoms with Crippen LogP contribution < -0.4 is 5.32 Å². The monoisotopic (exact) mass is 283 g/mol. The summed E-state index contributed by atoms with van der Waals surface area (Å²) < 4.78 is 5.25. The molecule has 0 aromatic heterocycles. The minimum Gasteiger partial charge on any atom is -0.508 e. The largest absolute Gasteiger partial charge is 0.508 e. The molecule has 3 rings (SSSR count). The molecule has 1 saturated heterocycles. The van der Waals surface area contributed by atoms with E-state index >= 15 is 0 Å². The first-order valence-electron chi connectivity index (χ1n) is 6.39. The molecule has 106 valence electrons. The first-order chi connectivity index (χ1) is 10.1. The summed E-state index contributed by atoms with van der Waals surface area (Å²) in [5.41, 5.74) is 1.51. The highest BCUT2D eigenvalue weighted by Crippen LogP contribution is 2.28. The fraction of sp³-hybridized carbons (Fsp3) is 0.0625. The minimum absolute atomic E-state index is 0.0428. The summed E-state index contributed by atoms with van der Waals surface area (Å²) in [6, 6.07) is 13.5. The maximum atomic E-state index is 11.9. The van der Waals surface area contributed by atoms with Crippen LogP contribution in [0, 0.1) is 0 Å². The molecule has 2 aromatic carbocycles. The summed E-state index contributed by atoms with van der Waals surface area (Å²) in [5, 5.41) is 22.0. The van der Waals surface area contributed by atoms with Gasteiger partial charge in [0, 0.05) is 17.2 Å². The standard InChI is InChI=1S/C16H13NO4/c18-12-7-6-11(14(19)9-12)8-13-16(20)21-15(17-13)10-4-2-1-3-5-10/h1-9,15,17-19H/b13-8-. The van der Waals surface area contributed by atoms with Gasteiger partial charge in [-0.25, -0.2) is 4.79 Å². The summed E-state index contributed by atoms with van der Waals surface area (Å²) in [5.74, 6) is -0.643. The Morgan fingerprint density at radius 1 is 1.10 bits per heavy atom. The quantitative estimate of drug-likeness (QED) is 0.582. The molecule has 0 amide bonds. The molecule has 5 nitrogen and oxygen atoms in total. The fourth-order valence-corrected chi connectivity index (χ4v) is 2.09. The number of hydrogen-bond donors (Lipinski definition) is 3. The van der Waals surface area contributed by atoms with E-state index in [1.807, 2.05) is 30.3 Å². The molecule has 0 radical (unpaired) electrons. The Morgan fingerprint density at radius 2 is 1.86 bits per heavy atom. The van der Waals surface area contributed by atoms with Gasteiger partial charge >= 0.3 is 5.97 Å². The van der Waals surface area contributed by atoms with E-state index in [9.17, 15) is 15.0 Å². The van der Waals surface area contributed by atoms with Crippen molar-refractivity contribution < 1.29 is 19.7 Å². The van der Waals surface area contributed by atoms with E-state index in [4.69, 9.17) is 4.74 Å². The molecule has 21 heavy (non-hydrogen) atoms. The lowest BCUT2D eigenvalue weighted by molar-refractivity contribution is -0.139. The molecule has 5 heteroatoms. The van der Waals surface area contributed by atoms with Gasteiger partial charge in [0.25, 0.3) is 0 Å². The second-order valence-corrected chi connectivity index (χ2v) is 4.64. The summed E-state index contributed by atoms with van der Waals surface area (Å²) >= 11 is 0. The smallest absolute Gasteiger partial charge is 0.356 e. The zero-order valence-corrected chi connectivity index (χ0v) is 11.0. The van der Waals surface area contributed by atoms with Crippen molar-refractivity contribution in [1.82, 2.24) is 5.32 Å². The Balaban J connectivity index is 1.86. The maximum absolute atomic E-state index is 11.9. The normalized spacial score (nSPS) is 19.3. The van der Waals surface area contributed by atoms with E-state index in [2.05, 4.69) is 5.32 Å². The second kappa shape index (κ2) is 5.20. The maximum Gasteiger partial charge on any atom is 0.356 e. The van der Waals surface area contributed by atoms with E-state index < -0.39 is 12.2 Å². The first kappa shape index (κ1) is 13.1. The van der Waals surface area contributed by atoms with Crippen molar-refractivity contribution >= 4 is 12.0 Å². The van der Waals surface area contributed by atoms with E-state index in [-0.39, 0.29) is 17.2 Å². The number of ether oxygens (including phenoxy) is 1. The average molecular weight is 283 g/mol. The third-order valence-corrected chi connectivity index (χ3v) is 3.15. The Kier molecular flexibility index (Phi) is 3.23. The van der Waals surface area contributed by atoms with Crippen LogP contribution in [0.4, 0.5) is 0 Å². The zero-order chi connectivity index (χ0) is 14.8. The van der Waals surface area contributed by atoms with Gasteiger partial charge in [-0.05, 0) is 18.2 Å². The summed E-state index contributed by atoms with van der Waals surface area (Å²) in [6.45, 7) is 0. The van der Waals surface area contributed by atoms with Crippen LogP contribution in [-0.4, -0.2) is 16.2 Å². The number of carbonyl (C=O) groups is 1. The number of phenolic OH excluding ortho intramolecular Hbond substituents is 2. The second-order valence-electron chi connectivity index (χ2n) is 4.64. The zero-order valence-electron chi connectivity index (χ0n) is 11.0. The van der Waals surface area contributed by atoms with Crippen LogP contribution in [0.15, 0.2) is 54.2 Å². The number of rotatable bonds is 2. The summed E-state index contributed by atoms with van der Waals surface area (Å²) in [6.07, 6.45) is 0.948. The third kappa shape index (κ3) is 2.67. The fourth-order valence-electron chi connectivity index (χ4n) is 2.09. The highest BCUT2D eigenvalue weighted by molar-refractivity contribution is 5.95. The molecule has 1 aliphatic heterocycles. The first-order valence-corrected chi connectivity index (χ1v) is 6.39. The van der Waals surface area contributed by atoms with Crippen LogP contribution in [0.5, 0.6) is 11.5 Å². The Bertz CT molecular complexity index is 709. The van der Waals surface area contributed by atoms with Gasteiger partial charge in [0.05, 0.1) is 0 Å². The molecule has 1 unspecified atom stereocenters. The Morgan fingerprint density at radius 3 is 2.57 bits per heavy atom. The number of aromatic hydroxyl groups is 2. The van der Waals surface area contributed by atoms with Gasteiger partial charge in [0.1, 0.15) is 17.2 Å². The van der Waals surface area contributed by atoms with Gasteiger partial charge in [0.2, 0.25) is 0 Å². The lowest BCUT2D eigenvalue weighted by Crippen LogP contribution is -2.12. The molecule has 1 aliphatic rings. The van der Waals surface area contributed by atoms with Gasteiger partial charge in [-0.3, -0.25) is 0 Å². The highest BCUT2D eigenvalue weighted by atomic mass is 16.6. The van der Waals surface area contributed by atoms with Gasteiger partial charge in [-0.15, -0.1) is 0 Å². The van der Waals surface area contributed by atoms with Crippen LogP contribution >= 0.6 is 0 Å². The third-order valence-electron chi connectivity index (χ3n) is 3.15. The molecule has 0 bridgehead atoms. The topological polar surface area (TPSA) is 78.8 Å². The van der Waals surface area contributed by atoms with Crippen LogP contribution in [0.2, 0.25) is 0 Å². The predicted molar refractivity (Wildman–Crippen MR) is 76.2 cm³/mol. The highest BCUT2D eigenvalue weighted by Gasteiger charge is 2.29. The van der Waals surface area contributed by atoms with Gasteiger partial charge in [-0.2, -0.15) is 0 Å². The van der Waals surface area contributed by atoms with Crippen molar-refractivity contribution in [1.29, 1.82) is 0 Å². The number of nitrogens with one attached hydrogen (secondary N) is 1. The van der Waals surface area contributed by atoms with Gasteiger partial charge < -0.3 is 20.3 Å². The number of hydrogen-bond acceptors (Lipinski definition) is 5. The molecule has 1 heterocycles. The lowest BCUT2D eigenvalue weighted by Gasteiger charge is -2.08. The molecular formula is C16H13NO4. The summed E-state index contributed by atoms with van der Waals surface area (Å²) in [7, 11) is 0. The molecular weight excluding hydrogens is 270 g/mol. The van der Waals surface area contributed by atoms with Crippen molar-refractivity contribution in [3.8, 4) is 11.5 Å². The van der Waals surface area contributed by atoms with Crippen LogP contribution in [0.1, 0.15) is 17.4 Å². The van der Waals surface area contributed by atoms with Crippen LogP contribution in [0.3, 0.4) is 0 Å². The lowest BCUT2D eigenvalue weighted by atomic mass is 10.1. The molecule has 1 atom stereocenters. The number of esters is 1. The van der Waals surface area contributed by atoms with Crippen molar-refractivity contribution in [2.75, 3.05) is 0 Å². The van der Waals surface area contributed by atoms with Gasteiger partial charge in [-0.1, -0.05) is 30.3 Å². The summed E-state index contributed by atoms with van der Waals surface area (Å²) in [4.78, 5) is 11.9. The minimum atomic E-state index is -0.538. The molecule has 1 fully saturated rings. The van der Waals surface area contributed by atoms with E-state index in [1.54, 1.807) is 0 Å². The number of carbonyl (C=O) groups excluding carboxylic acids is 1. The number of cyclic esters (lactones) is 1. The average Bonchev–Trinajstić information content (AvgIpc) is 2.84. The van der Waals surface area contributed by atoms with Crippen LogP contribution in [0.25, 0.3) is 6.08 Å². The van der Waals surface area contributed by atoms with E-state index in [1.165, 1.54) is 24.3 Å². The van der Waals surface area contributed by atoms with E-state index in [0.29, 0.717) is 5.56 Å². The number of phenols is 2.